The number of nitrogens with one attached hydrogen (secondary N) is 1. The Kier molecular flexibility index (Phi) is 6.70. The molecule has 6 nitrogen and oxygen atoms in total. The molecule has 2 fully saturated rings. The van der Waals surface area contributed by atoms with E-state index in [4.69, 9.17) is 4.74 Å². The maximum Gasteiger partial charge on any atom is 0.269 e. The Morgan fingerprint density at radius 1 is 1.27 bits per heavy atom. The van der Waals surface area contributed by atoms with E-state index < -0.39 is 0 Å². The molecule has 1 aromatic heterocycles. The number of carbonyl (C=O) groups is 1. The highest BCUT2D eigenvalue weighted by molar-refractivity contribution is 5.92. The molecule has 0 aliphatic carbocycles. The van der Waals surface area contributed by atoms with Crippen molar-refractivity contribution in [3.8, 4) is 0 Å². The third-order valence-electron chi connectivity index (χ3n) is 5.55. The molecule has 2 aliphatic heterocycles. The molecule has 1 aromatic rings. The molecule has 2 aliphatic rings. The number of hydrogen-bond donors (Lipinski definition) is 1. The van der Waals surface area contributed by atoms with E-state index >= 15 is 0 Å². The van der Waals surface area contributed by atoms with E-state index in [0.717, 1.165) is 70.6 Å². The fourth-order valence-corrected chi connectivity index (χ4v) is 4.13. The van der Waals surface area contributed by atoms with Gasteiger partial charge >= 0.3 is 0 Å². The number of aromatic nitrogens is 2. The van der Waals surface area contributed by atoms with Gasteiger partial charge in [0.2, 0.25) is 0 Å². The van der Waals surface area contributed by atoms with Crippen molar-refractivity contribution in [1.82, 2.24) is 20.0 Å². The van der Waals surface area contributed by atoms with E-state index in [1.165, 1.54) is 0 Å². The minimum atomic E-state index is 0.0267. The zero-order valence-electron chi connectivity index (χ0n) is 16.5. The lowest BCUT2D eigenvalue weighted by molar-refractivity contribution is 0.0238. The summed E-state index contributed by atoms with van der Waals surface area (Å²) in [5.74, 6) is 0.569. The second-order valence-electron chi connectivity index (χ2n) is 8.06. The van der Waals surface area contributed by atoms with Gasteiger partial charge in [0, 0.05) is 44.9 Å². The fourth-order valence-electron chi connectivity index (χ4n) is 4.13. The molecule has 1 N–H and O–H groups in total. The Morgan fingerprint density at radius 2 is 1.96 bits per heavy atom. The lowest BCUT2D eigenvalue weighted by Crippen LogP contribution is -2.49. The Balaban J connectivity index is 1.53. The van der Waals surface area contributed by atoms with E-state index in [1.54, 1.807) is 0 Å². The number of carbonyl (C=O) groups excluding carboxylic acids is 1. The van der Waals surface area contributed by atoms with Gasteiger partial charge in [0.15, 0.2) is 0 Å². The van der Waals surface area contributed by atoms with Crippen molar-refractivity contribution >= 4 is 5.91 Å². The monoisotopic (exact) mass is 362 g/mol. The number of nitrogens with zero attached hydrogens (tertiary/aromatic N) is 3. The van der Waals surface area contributed by atoms with Gasteiger partial charge < -0.3 is 15.0 Å². The van der Waals surface area contributed by atoms with Crippen LogP contribution in [0.2, 0.25) is 0 Å². The Labute approximate surface area is 157 Å². The quantitative estimate of drug-likeness (QED) is 0.845. The Morgan fingerprint density at radius 3 is 2.58 bits per heavy atom. The van der Waals surface area contributed by atoms with Crippen LogP contribution in [0.1, 0.15) is 62.6 Å². The van der Waals surface area contributed by atoms with Crippen molar-refractivity contribution in [2.45, 2.75) is 71.5 Å². The van der Waals surface area contributed by atoms with Crippen molar-refractivity contribution in [3.63, 3.8) is 0 Å². The van der Waals surface area contributed by atoms with E-state index in [1.807, 2.05) is 17.7 Å². The minimum absolute atomic E-state index is 0.0267. The van der Waals surface area contributed by atoms with Crippen molar-refractivity contribution in [2.24, 2.45) is 5.92 Å². The summed E-state index contributed by atoms with van der Waals surface area (Å²) in [7, 11) is 0. The third kappa shape index (κ3) is 4.86. The smallest absolute Gasteiger partial charge is 0.269 e. The summed E-state index contributed by atoms with van der Waals surface area (Å²) in [5.41, 5.74) is 1.72. The van der Waals surface area contributed by atoms with Gasteiger partial charge in [-0.15, -0.1) is 0 Å². The first kappa shape index (κ1) is 19.4. The summed E-state index contributed by atoms with van der Waals surface area (Å²) in [5, 5.41) is 7.84. The Hall–Kier alpha value is -1.40. The number of aryl methyl sites for hydroxylation is 1. The average molecular weight is 363 g/mol. The molecular weight excluding hydrogens is 328 g/mol. The predicted octanol–water partition coefficient (Wildman–Crippen LogP) is 2.47. The number of piperidine rings is 1. The standard InChI is InChI=1S/C20H34N4O2/c1-4-24-19(14-17(22-24)13-15(2)3)20(25)21-16-5-9-23(10-6-16)18-7-11-26-12-8-18/h14-16,18H,4-13H2,1-3H3,(H,21,25). The summed E-state index contributed by atoms with van der Waals surface area (Å²) < 4.78 is 7.31. The molecule has 3 rings (SSSR count). The highest BCUT2D eigenvalue weighted by Gasteiger charge is 2.28. The van der Waals surface area contributed by atoms with Crippen LogP contribution in [0.5, 0.6) is 0 Å². The minimum Gasteiger partial charge on any atom is -0.381 e. The van der Waals surface area contributed by atoms with Crippen molar-refractivity contribution in [2.75, 3.05) is 26.3 Å². The molecular formula is C20H34N4O2. The summed E-state index contributed by atoms with van der Waals surface area (Å²) in [6.45, 7) is 11.0. The lowest BCUT2D eigenvalue weighted by Gasteiger charge is -2.39. The normalized spacial score (nSPS) is 20.6. The molecule has 1 amide bonds. The molecule has 3 heterocycles. The first-order valence-corrected chi connectivity index (χ1v) is 10.3. The lowest BCUT2D eigenvalue weighted by atomic mass is 9.99. The molecule has 2 saturated heterocycles. The van der Waals surface area contributed by atoms with Gasteiger partial charge in [0.05, 0.1) is 5.69 Å². The van der Waals surface area contributed by atoms with Crippen LogP contribution in [0, 0.1) is 5.92 Å². The third-order valence-corrected chi connectivity index (χ3v) is 5.55. The van der Waals surface area contributed by atoms with E-state index in [2.05, 4.69) is 29.2 Å². The summed E-state index contributed by atoms with van der Waals surface area (Å²) in [6, 6.07) is 2.91. The number of rotatable bonds is 6. The zero-order chi connectivity index (χ0) is 18.5. The van der Waals surface area contributed by atoms with Crippen LogP contribution in [0.25, 0.3) is 0 Å². The van der Waals surface area contributed by atoms with Crippen LogP contribution >= 0.6 is 0 Å². The van der Waals surface area contributed by atoms with E-state index in [-0.39, 0.29) is 11.9 Å². The van der Waals surface area contributed by atoms with Crippen LogP contribution in [0.4, 0.5) is 0 Å². The van der Waals surface area contributed by atoms with Crippen molar-refractivity contribution in [1.29, 1.82) is 0 Å². The first-order valence-electron chi connectivity index (χ1n) is 10.3. The highest BCUT2D eigenvalue weighted by Crippen LogP contribution is 2.20. The van der Waals surface area contributed by atoms with Crippen molar-refractivity contribution in [3.05, 3.63) is 17.5 Å². The molecule has 0 radical (unpaired) electrons. The SMILES string of the molecule is CCn1nc(CC(C)C)cc1C(=O)NC1CCN(C2CCOCC2)CC1. The van der Waals surface area contributed by atoms with Crippen LogP contribution in [-0.2, 0) is 17.7 Å². The second kappa shape index (κ2) is 9.00. The molecule has 6 heteroatoms. The second-order valence-corrected chi connectivity index (χ2v) is 8.06. The average Bonchev–Trinajstić information content (AvgIpc) is 3.05. The van der Waals surface area contributed by atoms with Gasteiger partial charge in [-0.1, -0.05) is 13.8 Å². The highest BCUT2D eigenvalue weighted by atomic mass is 16.5. The van der Waals surface area contributed by atoms with Gasteiger partial charge in [0.25, 0.3) is 5.91 Å². The topological polar surface area (TPSA) is 59.4 Å². The summed E-state index contributed by atoms with van der Waals surface area (Å²) >= 11 is 0. The maximum atomic E-state index is 12.8. The maximum absolute atomic E-state index is 12.8. The van der Waals surface area contributed by atoms with E-state index in [0.29, 0.717) is 17.7 Å². The van der Waals surface area contributed by atoms with Gasteiger partial charge in [-0.3, -0.25) is 9.48 Å². The summed E-state index contributed by atoms with van der Waals surface area (Å²) in [4.78, 5) is 15.4. The van der Waals surface area contributed by atoms with E-state index in [9.17, 15) is 4.79 Å². The number of likely N-dealkylation sites (tertiary alicyclic amines) is 1. The molecule has 26 heavy (non-hydrogen) atoms. The number of amides is 1. The molecule has 0 unspecified atom stereocenters. The molecule has 0 bridgehead atoms. The van der Waals surface area contributed by atoms with Gasteiger partial charge in [-0.05, 0) is 51.0 Å². The molecule has 0 saturated carbocycles. The summed E-state index contributed by atoms with van der Waals surface area (Å²) in [6.07, 6.45) is 5.26. The van der Waals surface area contributed by atoms with Crippen molar-refractivity contribution < 1.29 is 9.53 Å². The fraction of sp³-hybridized carbons (Fsp3) is 0.800. The zero-order valence-corrected chi connectivity index (χ0v) is 16.5. The number of hydrogen-bond acceptors (Lipinski definition) is 4. The van der Waals surface area contributed by atoms with Gasteiger partial charge in [-0.2, -0.15) is 5.10 Å². The van der Waals surface area contributed by atoms with Crippen LogP contribution in [-0.4, -0.2) is 59.0 Å². The van der Waals surface area contributed by atoms with Crippen LogP contribution in [0.3, 0.4) is 0 Å². The molecule has 146 valence electrons. The largest absolute Gasteiger partial charge is 0.381 e. The first-order chi connectivity index (χ1) is 12.6. The van der Waals surface area contributed by atoms with Crippen LogP contribution in [0.15, 0.2) is 6.07 Å². The predicted molar refractivity (Wildman–Crippen MR) is 102 cm³/mol. The molecule has 0 spiro atoms. The number of ether oxygens (including phenoxy) is 1. The van der Waals surface area contributed by atoms with Crippen LogP contribution < -0.4 is 5.32 Å². The van der Waals surface area contributed by atoms with Gasteiger partial charge in [-0.25, -0.2) is 0 Å². The molecule has 0 atom stereocenters. The molecule has 0 aromatic carbocycles. The van der Waals surface area contributed by atoms with Gasteiger partial charge in [0.1, 0.15) is 5.69 Å². The Bertz CT molecular complexity index is 585.